The molecule has 44 heavy (non-hydrogen) atoms. The van der Waals surface area contributed by atoms with Crippen molar-refractivity contribution in [2.45, 2.75) is 33.6 Å². The van der Waals surface area contributed by atoms with E-state index >= 15 is 0 Å². The highest BCUT2D eigenvalue weighted by Gasteiger charge is 2.17. The number of thiol groups is 1. The van der Waals surface area contributed by atoms with Crippen LogP contribution in [0.2, 0.25) is 0 Å². The molecule has 226 valence electrons. The fourth-order valence-electron chi connectivity index (χ4n) is 3.85. The van der Waals surface area contributed by atoms with Gasteiger partial charge in [0.2, 0.25) is 0 Å². The molecule has 5 nitrogen and oxygen atoms in total. The Labute approximate surface area is 279 Å². The molecule has 0 aliphatic rings. The Balaban J connectivity index is 1.22. The number of hydrogen-bond donors (Lipinski definition) is 4. The zero-order chi connectivity index (χ0) is 30.7. The van der Waals surface area contributed by atoms with Gasteiger partial charge in [0.15, 0.2) is 0 Å². The molecule has 0 amide bonds. The lowest BCUT2D eigenvalue weighted by Gasteiger charge is -2.19. The number of thioether (sulfide) groups is 4. The fourth-order valence-corrected chi connectivity index (χ4v) is 8.65. The summed E-state index contributed by atoms with van der Waals surface area (Å²) >= 11 is 11.1. The fraction of sp³-hybridized carbons (Fsp3) is 0.118. The van der Waals surface area contributed by atoms with Gasteiger partial charge in [-0.3, -0.25) is 0 Å². The Morgan fingerprint density at radius 1 is 0.432 bits per heavy atom. The van der Waals surface area contributed by atoms with E-state index in [1.54, 1.807) is 83.4 Å². The monoisotopic (exact) mass is 678 g/mol. The normalized spacial score (nSPS) is 11.8. The van der Waals surface area contributed by atoms with Gasteiger partial charge >= 0.3 is 0 Å². The van der Waals surface area contributed by atoms with E-state index in [1.807, 2.05) is 72.8 Å². The SMILES string of the molecule is Oc1ccc(SC(COc2ccc(SC(COc3ccc(S)cc3)Sc3ccc(O)cc3)cc2)Sc2ccc(O)cc2)cc1. The van der Waals surface area contributed by atoms with Crippen LogP contribution >= 0.6 is 59.7 Å². The zero-order valence-electron chi connectivity index (χ0n) is 23.4. The molecule has 1 unspecified atom stereocenters. The quantitative estimate of drug-likeness (QED) is 0.0522. The molecule has 0 bridgehead atoms. The van der Waals surface area contributed by atoms with Gasteiger partial charge in [0.25, 0.3) is 0 Å². The van der Waals surface area contributed by atoms with Crippen LogP contribution in [0, 0.1) is 0 Å². The smallest absolute Gasteiger partial charge is 0.119 e. The minimum Gasteiger partial charge on any atom is -0.508 e. The predicted molar refractivity (Wildman–Crippen MR) is 186 cm³/mol. The Morgan fingerprint density at radius 3 is 1.02 bits per heavy atom. The van der Waals surface area contributed by atoms with E-state index in [1.165, 1.54) is 0 Å². The van der Waals surface area contributed by atoms with E-state index in [9.17, 15) is 15.3 Å². The van der Waals surface area contributed by atoms with Crippen molar-refractivity contribution < 1.29 is 24.8 Å². The molecule has 5 aromatic rings. The van der Waals surface area contributed by atoms with Gasteiger partial charge in [-0.2, -0.15) is 0 Å². The second kappa shape index (κ2) is 16.2. The lowest BCUT2D eigenvalue weighted by atomic mass is 10.3. The highest BCUT2D eigenvalue weighted by Crippen LogP contribution is 2.39. The second-order valence-corrected chi connectivity index (χ2v) is 15.6. The lowest BCUT2D eigenvalue weighted by molar-refractivity contribution is 0.337. The van der Waals surface area contributed by atoms with Crippen LogP contribution in [-0.2, 0) is 0 Å². The van der Waals surface area contributed by atoms with Crippen molar-refractivity contribution in [3.63, 3.8) is 0 Å². The topological polar surface area (TPSA) is 79.2 Å². The van der Waals surface area contributed by atoms with Crippen molar-refractivity contribution in [3.8, 4) is 28.7 Å². The molecule has 0 aliphatic heterocycles. The first-order valence-electron chi connectivity index (χ1n) is 13.6. The molecule has 0 spiro atoms. The van der Waals surface area contributed by atoms with Gasteiger partial charge in [-0.15, -0.1) is 59.7 Å². The van der Waals surface area contributed by atoms with Crippen molar-refractivity contribution >= 4 is 59.7 Å². The molecule has 0 heterocycles. The van der Waals surface area contributed by atoms with E-state index < -0.39 is 0 Å². The zero-order valence-corrected chi connectivity index (χ0v) is 27.5. The molecule has 0 radical (unpaired) electrons. The molecular weight excluding hydrogens is 649 g/mol. The predicted octanol–water partition coefficient (Wildman–Crippen LogP) is 9.67. The number of rotatable bonds is 14. The molecular formula is C34H30O5S5. The summed E-state index contributed by atoms with van der Waals surface area (Å²) in [6, 6.07) is 37.2. The van der Waals surface area contributed by atoms with Crippen LogP contribution in [-0.4, -0.2) is 37.7 Å². The van der Waals surface area contributed by atoms with Crippen LogP contribution in [0.5, 0.6) is 28.7 Å². The van der Waals surface area contributed by atoms with Gasteiger partial charge in [0.05, 0.1) is 9.16 Å². The molecule has 1 atom stereocenters. The maximum Gasteiger partial charge on any atom is 0.119 e. The van der Waals surface area contributed by atoms with Gasteiger partial charge in [-0.05, 0) is 121 Å². The Kier molecular flexibility index (Phi) is 11.9. The third-order valence-electron chi connectivity index (χ3n) is 6.01. The summed E-state index contributed by atoms with van der Waals surface area (Å²) < 4.78 is 12.4. The molecule has 3 N–H and O–H groups in total. The van der Waals surface area contributed by atoms with Gasteiger partial charge in [0, 0.05) is 24.5 Å². The van der Waals surface area contributed by atoms with Crippen LogP contribution in [0.25, 0.3) is 0 Å². The van der Waals surface area contributed by atoms with Gasteiger partial charge < -0.3 is 24.8 Å². The van der Waals surface area contributed by atoms with E-state index in [4.69, 9.17) is 9.47 Å². The van der Waals surface area contributed by atoms with Crippen LogP contribution < -0.4 is 9.47 Å². The summed E-state index contributed by atoms with van der Waals surface area (Å²) in [6.45, 7) is 0.923. The summed E-state index contributed by atoms with van der Waals surface area (Å²) in [6.07, 6.45) is 0. The maximum atomic E-state index is 9.69. The lowest BCUT2D eigenvalue weighted by Crippen LogP contribution is -2.11. The number of ether oxygens (including phenoxy) is 2. The van der Waals surface area contributed by atoms with E-state index in [-0.39, 0.29) is 26.4 Å². The average Bonchev–Trinajstić information content (AvgIpc) is 3.03. The van der Waals surface area contributed by atoms with Crippen molar-refractivity contribution in [2.75, 3.05) is 13.2 Å². The molecule has 0 aromatic heterocycles. The van der Waals surface area contributed by atoms with Gasteiger partial charge in [-0.1, -0.05) is 0 Å². The van der Waals surface area contributed by atoms with Crippen LogP contribution in [0.15, 0.2) is 146 Å². The van der Waals surface area contributed by atoms with Crippen molar-refractivity contribution in [1.29, 1.82) is 0 Å². The third-order valence-corrected chi connectivity index (χ3v) is 11.2. The van der Waals surface area contributed by atoms with E-state index in [2.05, 4.69) is 24.8 Å². The van der Waals surface area contributed by atoms with Crippen molar-refractivity contribution in [1.82, 2.24) is 0 Å². The maximum absolute atomic E-state index is 9.69. The number of phenols is 3. The van der Waals surface area contributed by atoms with Crippen molar-refractivity contribution in [3.05, 3.63) is 121 Å². The number of aromatic hydroxyl groups is 3. The third kappa shape index (κ3) is 10.5. The molecule has 0 saturated heterocycles. The summed E-state index contributed by atoms with van der Waals surface area (Å²) in [5.74, 6) is 2.25. The first kappa shape index (κ1) is 32.2. The average molecular weight is 679 g/mol. The molecule has 5 aromatic carbocycles. The van der Waals surface area contributed by atoms with Crippen LogP contribution in [0.1, 0.15) is 0 Å². The summed E-state index contributed by atoms with van der Waals surface area (Å²) in [5, 5.41) is 29.0. The highest BCUT2D eigenvalue weighted by molar-refractivity contribution is 8.17. The Bertz CT molecular complexity index is 1530. The van der Waals surface area contributed by atoms with Crippen LogP contribution in [0.4, 0.5) is 0 Å². The van der Waals surface area contributed by atoms with E-state index in [0.717, 1.165) is 36.0 Å². The minimum absolute atomic E-state index is 0.0259. The van der Waals surface area contributed by atoms with Gasteiger partial charge in [-0.25, -0.2) is 0 Å². The van der Waals surface area contributed by atoms with Crippen molar-refractivity contribution in [2.24, 2.45) is 0 Å². The molecule has 5 rings (SSSR count). The second-order valence-electron chi connectivity index (χ2n) is 9.40. The molecule has 0 saturated carbocycles. The Morgan fingerprint density at radius 2 is 0.705 bits per heavy atom. The first-order valence-corrected chi connectivity index (χ1v) is 17.5. The summed E-state index contributed by atoms with van der Waals surface area (Å²) in [4.78, 5) is 5.05. The van der Waals surface area contributed by atoms with Crippen LogP contribution in [0.3, 0.4) is 0 Å². The first-order chi connectivity index (χ1) is 21.4. The highest BCUT2D eigenvalue weighted by atomic mass is 32.2. The minimum atomic E-state index is 0.0259. The Hall–Kier alpha value is -3.15. The summed E-state index contributed by atoms with van der Waals surface area (Å²) in [5.41, 5.74) is 0. The number of hydrogen-bond acceptors (Lipinski definition) is 10. The molecule has 0 aliphatic carbocycles. The van der Waals surface area contributed by atoms with Gasteiger partial charge in [0.1, 0.15) is 42.0 Å². The number of benzene rings is 5. The number of phenolic OH excluding ortho intramolecular Hbond substituents is 3. The summed E-state index contributed by atoms with van der Waals surface area (Å²) in [7, 11) is 0. The molecule has 10 heteroatoms. The van der Waals surface area contributed by atoms with E-state index in [0.29, 0.717) is 13.2 Å². The standard InChI is InChI=1S/C34H30O5S5/c35-23-1-13-29(14-2-23)41-33(42-30-15-3-24(36)4-16-30)22-39-27-9-19-32(20-10-27)44-34(43-31-17-5-25(37)6-18-31)21-38-26-7-11-28(40)12-8-26/h1-20,33-37,40H,21-22H2. The molecule has 0 fully saturated rings. The largest absolute Gasteiger partial charge is 0.508 e.